The maximum Gasteiger partial charge on any atom is 0.419 e. The Balaban J connectivity index is 1.55. The van der Waals surface area contributed by atoms with Gasteiger partial charge in [0.15, 0.2) is 10.9 Å². The second kappa shape index (κ2) is 11.3. The summed E-state index contributed by atoms with van der Waals surface area (Å²) >= 11 is 1.28. The van der Waals surface area contributed by atoms with Gasteiger partial charge < -0.3 is 4.74 Å². The summed E-state index contributed by atoms with van der Waals surface area (Å²) < 4.78 is 22.2. The van der Waals surface area contributed by atoms with Gasteiger partial charge in [0.1, 0.15) is 11.4 Å². The van der Waals surface area contributed by atoms with Crippen LogP contribution in [0.4, 0.5) is 9.18 Å². The molecule has 5 rings (SSSR count). The van der Waals surface area contributed by atoms with Crippen molar-refractivity contribution in [3.05, 3.63) is 77.2 Å². The van der Waals surface area contributed by atoms with Crippen LogP contribution in [0.3, 0.4) is 0 Å². The molecule has 40 heavy (non-hydrogen) atoms. The molecule has 2 atom stereocenters. The van der Waals surface area contributed by atoms with Gasteiger partial charge in [0.05, 0.1) is 11.6 Å². The Hall–Kier alpha value is -3.23. The SMILES string of the molecule is CC(=O)SC1CCN(C(C(=O)C2CC2)c2ccccc2F)C/C1=C/c1cn(C(=O)OC(C)(C)C)c2ccccc12. The number of piperidine rings is 1. The van der Waals surface area contributed by atoms with Crippen LogP contribution in [0.25, 0.3) is 17.0 Å². The highest BCUT2D eigenvalue weighted by molar-refractivity contribution is 8.14. The lowest BCUT2D eigenvalue weighted by molar-refractivity contribution is -0.126. The zero-order valence-corrected chi connectivity index (χ0v) is 24.2. The number of Topliss-reactive ketones (excluding diaryl/α,β-unsaturated/α-hetero) is 1. The number of rotatable bonds is 6. The smallest absolute Gasteiger partial charge is 0.419 e. The Bertz CT molecular complexity index is 1480. The van der Waals surface area contributed by atoms with E-state index in [-0.39, 0.29) is 27.9 Å². The molecular weight excluding hydrogens is 527 g/mol. The van der Waals surface area contributed by atoms with Crippen molar-refractivity contribution in [1.82, 2.24) is 9.47 Å². The monoisotopic (exact) mass is 562 g/mol. The second-order valence-electron chi connectivity index (χ2n) is 11.6. The average Bonchev–Trinajstić information content (AvgIpc) is 3.68. The van der Waals surface area contributed by atoms with Gasteiger partial charge in [-0.05, 0) is 57.7 Å². The van der Waals surface area contributed by atoms with Crippen molar-refractivity contribution in [3.63, 3.8) is 0 Å². The zero-order chi connectivity index (χ0) is 28.6. The van der Waals surface area contributed by atoms with E-state index in [4.69, 9.17) is 4.74 Å². The number of carbonyl (C=O) groups excluding carboxylic acids is 3. The van der Waals surface area contributed by atoms with Crippen LogP contribution in [0.2, 0.25) is 0 Å². The maximum absolute atomic E-state index is 15.0. The predicted molar refractivity (Wildman–Crippen MR) is 157 cm³/mol. The summed E-state index contributed by atoms with van der Waals surface area (Å²) in [6, 6.07) is 13.5. The number of carbonyl (C=O) groups is 3. The highest BCUT2D eigenvalue weighted by Gasteiger charge is 2.41. The van der Waals surface area contributed by atoms with Crippen LogP contribution >= 0.6 is 11.8 Å². The molecule has 1 saturated heterocycles. The van der Waals surface area contributed by atoms with E-state index in [1.165, 1.54) is 22.4 Å². The fraction of sp³-hybridized carbons (Fsp3) is 0.406. The van der Waals surface area contributed by atoms with E-state index in [9.17, 15) is 14.4 Å². The van der Waals surface area contributed by atoms with Crippen LogP contribution < -0.4 is 0 Å². The molecule has 1 saturated carbocycles. The number of hydrogen-bond donors (Lipinski definition) is 0. The fourth-order valence-corrected chi connectivity index (χ4v) is 6.30. The quantitative estimate of drug-likeness (QED) is 0.322. The summed E-state index contributed by atoms with van der Waals surface area (Å²) in [7, 11) is 0. The molecule has 2 aromatic carbocycles. The Morgan fingerprint density at radius 1 is 1.05 bits per heavy atom. The minimum atomic E-state index is -0.677. The first-order valence-electron chi connectivity index (χ1n) is 13.7. The third-order valence-electron chi connectivity index (χ3n) is 7.27. The number of halogens is 1. The zero-order valence-electron chi connectivity index (χ0n) is 23.4. The molecule has 0 bridgehead atoms. The van der Waals surface area contributed by atoms with Crippen LogP contribution in [0.15, 0.2) is 60.3 Å². The number of aromatic nitrogens is 1. The van der Waals surface area contributed by atoms with Gasteiger partial charge >= 0.3 is 6.09 Å². The number of fused-ring (bicyclic) bond motifs is 1. The number of nitrogens with zero attached hydrogens (tertiary/aromatic N) is 2. The second-order valence-corrected chi connectivity index (χ2v) is 13.0. The number of ketones is 1. The van der Waals surface area contributed by atoms with Crippen molar-refractivity contribution in [2.24, 2.45) is 5.92 Å². The highest BCUT2D eigenvalue weighted by atomic mass is 32.2. The first kappa shape index (κ1) is 28.3. The largest absolute Gasteiger partial charge is 0.443 e. The van der Waals surface area contributed by atoms with Gasteiger partial charge in [0.2, 0.25) is 0 Å². The van der Waals surface area contributed by atoms with E-state index in [2.05, 4.69) is 4.90 Å². The first-order chi connectivity index (χ1) is 19.0. The van der Waals surface area contributed by atoms with Gasteiger partial charge in [-0.3, -0.25) is 19.1 Å². The van der Waals surface area contributed by atoms with Gasteiger partial charge in [-0.25, -0.2) is 9.18 Å². The van der Waals surface area contributed by atoms with Crippen molar-refractivity contribution in [2.75, 3.05) is 13.1 Å². The van der Waals surface area contributed by atoms with Gasteiger partial charge in [0.25, 0.3) is 0 Å². The van der Waals surface area contributed by atoms with Crippen molar-refractivity contribution < 1.29 is 23.5 Å². The molecule has 0 radical (unpaired) electrons. The van der Waals surface area contributed by atoms with Gasteiger partial charge in [0, 0.05) is 53.9 Å². The summed E-state index contributed by atoms with van der Waals surface area (Å²) in [5, 5.41) is 0.805. The normalized spacial score (nSPS) is 20.0. The minimum Gasteiger partial charge on any atom is -0.443 e. The summed E-state index contributed by atoms with van der Waals surface area (Å²) in [5.74, 6) is -0.357. The molecule has 2 heterocycles. The topological polar surface area (TPSA) is 68.6 Å². The lowest BCUT2D eigenvalue weighted by Gasteiger charge is -2.38. The van der Waals surface area contributed by atoms with Crippen LogP contribution in [-0.4, -0.2) is 50.4 Å². The van der Waals surface area contributed by atoms with E-state index >= 15 is 4.39 Å². The van der Waals surface area contributed by atoms with Gasteiger partial charge in [-0.1, -0.05) is 54.2 Å². The van der Waals surface area contributed by atoms with Crippen molar-refractivity contribution in [1.29, 1.82) is 0 Å². The molecule has 0 amide bonds. The van der Waals surface area contributed by atoms with Crippen molar-refractivity contribution in [2.45, 2.75) is 63.9 Å². The fourth-order valence-electron chi connectivity index (χ4n) is 5.38. The molecule has 0 N–H and O–H groups in total. The number of benzene rings is 2. The summed E-state index contributed by atoms with van der Waals surface area (Å²) in [5.41, 5.74) is 2.26. The molecule has 210 valence electrons. The molecule has 1 aromatic heterocycles. The number of para-hydroxylation sites is 1. The molecule has 2 fully saturated rings. The Kier molecular flexibility index (Phi) is 8.02. The van der Waals surface area contributed by atoms with Gasteiger partial charge in [-0.15, -0.1) is 0 Å². The van der Waals surface area contributed by atoms with E-state index in [0.717, 1.165) is 34.9 Å². The van der Waals surface area contributed by atoms with Crippen molar-refractivity contribution in [3.8, 4) is 0 Å². The van der Waals surface area contributed by atoms with Gasteiger partial charge in [-0.2, -0.15) is 0 Å². The van der Waals surface area contributed by atoms with E-state index in [1.54, 1.807) is 31.3 Å². The van der Waals surface area contributed by atoms with Crippen LogP contribution in [0, 0.1) is 11.7 Å². The minimum absolute atomic E-state index is 0.0141. The highest BCUT2D eigenvalue weighted by Crippen LogP contribution is 2.41. The summed E-state index contributed by atoms with van der Waals surface area (Å²) in [6.45, 7) is 8.02. The number of thioether (sulfide) groups is 1. The Morgan fingerprint density at radius 2 is 1.75 bits per heavy atom. The summed E-state index contributed by atoms with van der Waals surface area (Å²) in [6.07, 6.45) is 5.65. The van der Waals surface area contributed by atoms with E-state index < -0.39 is 17.7 Å². The Morgan fingerprint density at radius 3 is 2.42 bits per heavy atom. The first-order valence-corrected chi connectivity index (χ1v) is 14.6. The molecule has 3 aromatic rings. The van der Waals surface area contributed by atoms with Crippen molar-refractivity contribution >= 4 is 45.7 Å². The molecule has 6 nitrogen and oxygen atoms in total. The molecular formula is C32H35FN2O4S. The molecule has 1 aliphatic carbocycles. The van der Waals surface area contributed by atoms with Crippen LogP contribution in [-0.2, 0) is 14.3 Å². The maximum atomic E-state index is 15.0. The third-order valence-corrected chi connectivity index (χ3v) is 8.43. The molecule has 8 heteroatoms. The molecule has 1 aliphatic heterocycles. The predicted octanol–water partition coefficient (Wildman–Crippen LogP) is 7.02. The van der Waals surface area contributed by atoms with E-state index in [1.807, 2.05) is 51.1 Å². The average molecular weight is 563 g/mol. The molecule has 0 spiro atoms. The van der Waals surface area contributed by atoms with Crippen LogP contribution in [0.1, 0.15) is 64.1 Å². The lowest BCUT2D eigenvalue weighted by Crippen LogP contribution is -2.43. The Labute approximate surface area is 238 Å². The number of likely N-dealkylation sites (tertiary alicyclic amines) is 1. The molecule has 2 unspecified atom stereocenters. The third kappa shape index (κ3) is 6.23. The summed E-state index contributed by atoms with van der Waals surface area (Å²) in [4.78, 5) is 40.8. The number of hydrogen-bond acceptors (Lipinski definition) is 6. The van der Waals surface area contributed by atoms with Crippen LogP contribution in [0.5, 0.6) is 0 Å². The lowest BCUT2D eigenvalue weighted by atomic mass is 9.93. The standard InChI is InChI=1S/C32H35FN2O4S/c1-20(36)40-28-15-16-34(29(30(37)21-13-14-21)25-10-5-7-11-26(25)33)18-23(28)17-22-19-35(31(38)39-32(2,3)4)27-12-8-6-9-24(22)27/h5-12,17,19,21,28-29H,13-16,18H2,1-4H3/b23-17-. The van der Waals surface area contributed by atoms with E-state index in [0.29, 0.717) is 25.1 Å². The molecule has 2 aliphatic rings. The number of ether oxygens (including phenoxy) is 1.